The minimum Gasteiger partial charge on any atom is -0.355 e. The fraction of sp³-hybridized carbons (Fsp3) is 0.286. The molecule has 94 valence electrons. The van der Waals surface area contributed by atoms with Gasteiger partial charge in [0.2, 0.25) is 0 Å². The lowest BCUT2D eigenvalue weighted by Gasteiger charge is -2.06. The SMILES string of the molecule is CC(C)CNC(=O)c1cnoc1-c1ccccc1. The van der Waals surface area contributed by atoms with Crippen molar-refractivity contribution in [3.63, 3.8) is 0 Å². The first-order chi connectivity index (χ1) is 8.68. The van der Waals surface area contributed by atoms with Gasteiger partial charge < -0.3 is 9.84 Å². The van der Waals surface area contributed by atoms with Crippen LogP contribution in [0.4, 0.5) is 0 Å². The fourth-order valence-electron chi connectivity index (χ4n) is 1.59. The van der Waals surface area contributed by atoms with Gasteiger partial charge in [-0.1, -0.05) is 49.3 Å². The van der Waals surface area contributed by atoms with Gasteiger partial charge in [0.15, 0.2) is 5.76 Å². The first-order valence-corrected chi connectivity index (χ1v) is 5.96. The summed E-state index contributed by atoms with van der Waals surface area (Å²) in [6.07, 6.45) is 1.46. The second kappa shape index (κ2) is 5.49. The molecule has 2 rings (SSSR count). The Hall–Kier alpha value is -2.10. The molecule has 0 saturated heterocycles. The second-order valence-electron chi connectivity index (χ2n) is 4.54. The molecule has 1 N–H and O–H groups in total. The van der Waals surface area contributed by atoms with Crippen molar-refractivity contribution in [3.8, 4) is 11.3 Å². The van der Waals surface area contributed by atoms with Crippen LogP contribution in [0.25, 0.3) is 11.3 Å². The first kappa shape index (κ1) is 12.4. The quantitative estimate of drug-likeness (QED) is 0.899. The van der Waals surface area contributed by atoms with Crippen molar-refractivity contribution in [2.75, 3.05) is 6.54 Å². The van der Waals surface area contributed by atoms with Gasteiger partial charge in [-0.25, -0.2) is 0 Å². The summed E-state index contributed by atoms with van der Waals surface area (Å²) in [6.45, 7) is 4.73. The molecule has 0 bridgehead atoms. The molecule has 4 heteroatoms. The van der Waals surface area contributed by atoms with E-state index < -0.39 is 0 Å². The highest BCUT2D eigenvalue weighted by atomic mass is 16.5. The lowest BCUT2D eigenvalue weighted by Crippen LogP contribution is -2.27. The summed E-state index contributed by atoms with van der Waals surface area (Å²) in [6, 6.07) is 9.49. The predicted octanol–water partition coefficient (Wildman–Crippen LogP) is 2.73. The van der Waals surface area contributed by atoms with E-state index in [9.17, 15) is 4.79 Å². The van der Waals surface area contributed by atoms with Gasteiger partial charge in [0, 0.05) is 12.1 Å². The van der Waals surface area contributed by atoms with Gasteiger partial charge in [-0.2, -0.15) is 0 Å². The van der Waals surface area contributed by atoms with Crippen molar-refractivity contribution in [3.05, 3.63) is 42.1 Å². The summed E-state index contributed by atoms with van der Waals surface area (Å²) >= 11 is 0. The number of carbonyl (C=O) groups excluding carboxylic acids is 1. The Labute approximate surface area is 106 Å². The highest BCUT2D eigenvalue weighted by Gasteiger charge is 2.17. The largest absolute Gasteiger partial charge is 0.355 e. The lowest BCUT2D eigenvalue weighted by atomic mass is 10.1. The summed E-state index contributed by atoms with van der Waals surface area (Å²) in [5, 5.41) is 6.57. The molecule has 1 aromatic heterocycles. The topological polar surface area (TPSA) is 55.1 Å². The van der Waals surface area contributed by atoms with E-state index in [-0.39, 0.29) is 5.91 Å². The number of amides is 1. The van der Waals surface area contributed by atoms with Crippen LogP contribution in [0.15, 0.2) is 41.1 Å². The number of rotatable bonds is 4. The molecule has 0 aliphatic rings. The molecule has 2 aromatic rings. The number of nitrogens with zero attached hydrogens (tertiary/aromatic N) is 1. The van der Waals surface area contributed by atoms with E-state index in [2.05, 4.69) is 10.5 Å². The maximum absolute atomic E-state index is 12.0. The highest BCUT2D eigenvalue weighted by molar-refractivity contribution is 5.99. The number of nitrogens with one attached hydrogen (secondary N) is 1. The Kier molecular flexibility index (Phi) is 3.77. The van der Waals surface area contributed by atoms with Crippen molar-refractivity contribution >= 4 is 5.91 Å². The second-order valence-corrected chi connectivity index (χ2v) is 4.54. The van der Waals surface area contributed by atoms with E-state index in [1.165, 1.54) is 6.20 Å². The van der Waals surface area contributed by atoms with Crippen molar-refractivity contribution in [2.24, 2.45) is 5.92 Å². The zero-order valence-electron chi connectivity index (χ0n) is 10.5. The molecule has 0 spiro atoms. The normalized spacial score (nSPS) is 10.6. The summed E-state index contributed by atoms with van der Waals surface area (Å²) in [5.74, 6) is 0.773. The fourth-order valence-corrected chi connectivity index (χ4v) is 1.59. The minimum atomic E-state index is -0.149. The first-order valence-electron chi connectivity index (χ1n) is 5.96. The van der Waals surface area contributed by atoms with E-state index in [1.807, 2.05) is 44.2 Å². The van der Waals surface area contributed by atoms with Crippen molar-refractivity contribution in [1.29, 1.82) is 0 Å². The zero-order chi connectivity index (χ0) is 13.0. The summed E-state index contributed by atoms with van der Waals surface area (Å²) in [7, 11) is 0. The Morgan fingerprint density at radius 3 is 2.72 bits per heavy atom. The predicted molar refractivity (Wildman–Crippen MR) is 69.1 cm³/mol. The summed E-state index contributed by atoms with van der Waals surface area (Å²) in [5.41, 5.74) is 1.33. The van der Waals surface area contributed by atoms with E-state index in [0.29, 0.717) is 23.8 Å². The molecule has 0 atom stereocenters. The zero-order valence-corrected chi connectivity index (χ0v) is 10.5. The smallest absolute Gasteiger partial charge is 0.256 e. The average Bonchev–Trinajstić information content (AvgIpc) is 2.86. The minimum absolute atomic E-state index is 0.149. The van der Waals surface area contributed by atoms with E-state index in [4.69, 9.17) is 4.52 Å². The van der Waals surface area contributed by atoms with Crippen LogP contribution in [0, 0.1) is 5.92 Å². The monoisotopic (exact) mass is 244 g/mol. The van der Waals surface area contributed by atoms with Crippen molar-refractivity contribution in [1.82, 2.24) is 10.5 Å². The average molecular weight is 244 g/mol. The van der Waals surface area contributed by atoms with Gasteiger partial charge in [-0.15, -0.1) is 0 Å². The molecule has 0 saturated carbocycles. The molecule has 1 heterocycles. The van der Waals surface area contributed by atoms with Crippen LogP contribution in [-0.4, -0.2) is 17.6 Å². The van der Waals surface area contributed by atoms with Gasteiger partial charge in [0.25, 0.3) is 5.91 Å². The third kappa shape index (κ3) is 2.77. The molecule has 0 unspecified atom stereocenters. The van der Waals surface area contributed by atoms with Crippen LogP contribution < -0.4 is 5.32 Å². The van der Waals surface area contributed by atoms with E-state index >= 15 is 0 Å². The van der Waals surface area contributed by atoms with Gasteiger partial charge in [0.05, 0.1) is 6.20 Å². The van der Waals surface area contributed by atoms with Gasteiger partial charge >= 0.3 is 0 Å². The van der Waals surface area contributed by atoms with Gasteiger partial charge in [0.1, 0.15) is 5.56 Å². The molecular weight excluding hydrogens is 228 g/mol. The number of hydrogen-bond acceptors (Lipinski definition) is 3. The third-order valence-electron chi connectivity index (χ3n) is 2.52. The van der Waals surface area contributed by atoms with Crippen LogP contribution in [0.5, 0.6) is 0 Å². The highest BCUT2D eigenvalue weighted by Crippen LogP contribution is 2.22. The number of benzene rings is 1. The van der Waals surface area contributed by atoms with Crippen LogP contribution in [-0.2, 0) is 0 Å². The number of carbonyl (C=O) groups is 1. The molecule has 18 heavy (non-hydrogen) atoms. The van der Waals surface area contributed by atoms with Crippen LogP contribution >= 0.6 is 0 Å². The molecule has 0 radical (unpaired) electrons. The van der Waals surface area contributed by atoms with Crippen molar-refractivity contribution < 1.29 is 9.32 Å². The van der Waals surface area contributed by atoms with Crippen LogP contribution in [0.3, 0.4) is 0 Å². The molecule has 4 nitrogen and oxygen atoms in total. The van der Waals surface area contributed by atoms with E-state index in [1.54, 1.807) is 0 Å². The molecule has 0 fully saturated rings. The molecule has 1 amide bonds. The Morgan fingerprint density at radius 1 is 1.33 bits per heavy atom. The van der Waals surface area contributed by atoms with Crippen LogP contribution in [0.2, 0.25) is 0 Å². The number of aromatic nitrogens is 1. The summed E-state index contributed by atoms with van der Waals surface area (Å²) < 4.78 is 5.17. The Balaban J connectivity index is 2.20. The standard InChI is InChI=1S/C14H16N2O2/c1-10(2)8-15-14(17)12-9-16-18-13(12)11-6-4-3-5-7-11/h3-7,9-10H,8H2,1-2H3,(H,15,17). The Morgan fingerprint density at radius 2 is 2.06 bits per heavy atom. The molecular formula is C14H16N2O2. The van der Waals surface area contributed by atoms with E-state index in [0.717, 1.165) is 5.56 Å². The van der Waals surface area contributed by atoms with Crippen molar-refractivity contribution in [2.45, 2.75) is 13.8 Å². The maximum atomic E-state index is 12.0. The number of hydrogen-bond donors (Lipinski definition) is 1. The summed E-state index contributed by atoms with van der Waals surface area (Å²) in [4.78, 5) is 12.0. The third-order valence-corrected chi connectivity index (χ3v) is 2.52. The molecule has 1 aromatic carbocycles. The lowest BCUT2D eigenvalue weighted by molar-refractivity contribution is 0.0949. The van der Waals surface area contributed by atoms with Gasteiger partial charge in [-0.3, -0.25) is 4.79 Å². The van der Waals surface area contributed by atoms with Gasteiger partial charge in [-0.05, 0) is 5.92 Å². The maximum Gasteiger partial charge on any atom is 0.256 e. The Bertz CT molecular complexity index is 518. The van der Waals surface area contributed by atoms with Crippen LogP contribution in [0.1, 0.15) is 24.2 Å². The molecule has 0 aliphatic carbocycles. The molecule has 0 aliphatic heterocycles.